The number of aryl methyl sites for hydroxylation is 2. The second-order valence-corrected chi connectivity index (χ2v) is 8.08. The quantitative estimate of drug-likeness (QED) is 0.534. The van der Waals surface area contributed by atoms with E-state index in [1.54, 1.807) is 6.92 Å². The van der Waals surface area contributed by atoms with Crippen molar-refractivity contribution in [1.82, 2.24) is 10.3 Å². The van der Waals surface area contributed by atoms with Crippen molar-refractivity contribution in [3.8, 4) is 11.8 Å². The van der Waals surface area contributed by atoms with Crippen LogP contribution in [0.3, 0.4) is 0 Å². The molecular formula is C24H26FN3O2. The molecule has 5 nitrogen and oxygen atoms in total. The standard InChI is InChI=1S/C24H26FN3O2/c1-2-7-20(29)27-15-9-6-8-14(12-15)21-18(25)13-17(24(26)30)23-22(21)16-10-4-3-5-11-19(16)28-23/h12-13,15,28H,3-6,8-11H2,1H3,(H2,26,30)(H,27,29)/t15-/m0/s1. The van der Waals surface area contributed by atoms with Gasteiger partial charge >= 0.3 is 0 Å². The van der Waals surface area contributed by atoms with Gasteiger partial charge in [-0.3, -0.25) is 9.59 Å². The number of carbonyl (C=O) groups excluding carboxylic acids is 2. The molecule has 1 aromatic carbocycles. The SMILES string of the molecule is CC#CC(=O)N[C@@H]1C=C(c2c(F)cc(C(N)=O)c3[nH]c4c(c23)CCCCC4)CCC1. The third kappa shape index (κ3) is 3.72. The Balaban J connectivity index is 1.88. The minimum atomic E-state index is -0.636. The Morgan fingerprint density at radius 2 is 2.00 bits per heavy atom. The molecule has 4 N–H and O–H groups in total. The topological polar surface area (TPSA) is 88.0 Å². The van der Waals surface area contributed by atoms with Crippen molar-refractivity contribution < 1.29 is 14.0 Å². The first-order valence-electron chi connectivity index (χ1n) is 10.6. The maximum Gasteiger partial charge on any atom is 0.296 e. The summed E-state index contributed by atoms with van der Waals surface area (Å²) in [6.07, 6.45) is 9.25. The van der Waals surface area contributed by atoms with Crippen molar-refractivity contribution >= 4 is 28.3 Å². The molecule has 1 aromatic heterocycles. The molecule has 2 aromatic rings. The van der Waals surface area contributed by atoms with E-state index in [-0.39, 0.29) is 17.5 Å². The third-order valence-electron chi connectivity index (χ3n) is 6.08. The van der Waals surface area contributed by atoms with E-state index in [4.69, 9.17) is 5.73 Å². The second-order valence-electron chi connectivity index (χ2n) is 8.08. The minimum absolute atomic E-state index is 0.190. The fourth-order valence-electron chi connectivity index (χ4n) is 4.80. The summed E-state index contributed by atoms with van der Waals surface area (Å²) in [5.74, 6) is 3.69. The molecule has 0 aliphatic heterocycles. The van der Waals surface area contributed by atoms with Crippen LogP contribution in [0.5, 0.6) is 0 Å². The molecule has 2 aliphatic carbocycles. The second kappa shape index (κ2) is 8.35. The van der Waals surface area contributed by atoms with Gasteiger partial charge in [0.2, 0.25) is 0 Å². The number of rotatable bonds is 3. The lowest BCUT2D eigenvalue weighted by atomic mass is 9.86. The molecule has 0 bridgehead atoms. The van der Waals surface area contributed by atoms with Gasteiger partial charge in [-0.25, -0.2) is 4.39 Å². The molecule has 156 valence electrons. The van der Waals surface area contributed by atoms with Crippen molar-refractivity contribution in [2.45, 2.75) is 64.3 Å². The molecule has 0 saturated carbocycles. The van der Waals surface area contributed by atoms with E-state index < -0.39 is 11.7 Å². The van der Waals surface area contributed by atoms with Crippen molar-refractivity contribution in [2.24, 2.45) is 5.73 Å². The average molecular weight is 407 g/mol. The number of nitrogens with two attached hydrogens (primary N) is 1. The number of primary amides is 1. The van der Waals surface area contributed by atoms with Gasteiger partial charge in [0, 0.05) is 22.7 Å². The van der Waals surface area contributed by atoms with Crippen LogP contribution in [0.4, 0.5) is 4.39 Å². The first-order chi connectivity index (χ1) is 14.5. The van der Waals surface area contributed by atoms with Crippen LogP contribution in [-0.2, 0) is 17.6 Å². The Morgan fingerprint density at radius 3 is 2.77 bits per heavy atom. The summed E-state index contributed by atoms with van der Waals surface area (Å²) in [5.41, 5.74) is 9.98. The van der Waals surface area contributed by atoms with Crippen molar-refractivity contribution in [1.29, 1.82) is 0 Å². The summed E-state index contributed by atoms with van der Waals surface area (Å²) in [6.45, 7) is 1.62. The zero-order chi connectivity index (χ0) is 21.3. The van der Waals surface area contributed by atoms with Gasteiger partial charge < -0.3 is 16.0 Å². The number of halogens is 1. The summed E-state index contributed by atoms with van der Waals surface area (Å²) in [5, 5.41) is 3.67. The van der Waals surface area contributed by atoms with Crippen LogP contribution in [-0.4, -0.2) is 22.8 Å². The summed E-state index contributed by atoms with van der Waals surface area (Å²) in [4.78, 5) is 27.3. The first-order valence-corrected chi connectivity index (χ1v) is 10.6. The highest BCUT2D eigenvalue weighted by Crippen LogP contribution is 2.40. The number of aromatic nitrogens is 1. The molecule has 6 heteroatoms. The maximum absolute atomic E-state index is 15.4. The molecule has 0 spiro atoms. The molecule has 1 atom stereocenters. The van der Waals surface area contributed by atoms with Crippen molar-refractivity contribution in [3.05, 3.63) is 40.3 Å². The third-order valence-corrected chi connectivity index (χ3v) is 6.08. The van der Waals surface area contributed by atoms with Crippen LogP contribution in [0.1, 0.15) is 72.6 Å². The highest BCUT2D eigenvalue weighted by atomic mass is 19.1. The number of hydrogen-bond donors (Lipinski definition) is 3. The molecular weight excluding hydrogens is 381 g/mol. The number of carbonyl (C=O) groups is 2. The van der Waals surface area contributed by atoms with Crippen LogP contribution < -0.4 is 11.1 Å². The predicted molar refractivity (Wildman–Crippen MR) is 115 cm³/mol. The van der Waals surface area contributed by atoms with Crippen LogP contribution in [0.15, 0.2) is 12.1 Å². The van der Waals surface area contributed by atoms with Gasteiger partial charge in [-0.05, 0) is 75.0 Å². The largest absolute Gasteiger partial charge is 0.366 e. The Labute approximate surface area is 175 Å². The van der Waals surface area contributed by atoms with E-state index in [1.165, 1.54) is 6.07 Å². The fraction of sp³-hybridized carbons (Fsp3) is 0.417. The molecule has 0 saturated heterocycles. The molecule has 0 unspecified atom stereocenters. The molecule has 0 radical (unpaired) electrons. The number of allylic oxidation sites excluding steroid dienone is 1. The summed E-state index contributed by atoms with van der Waals surface area (Å²) in [6, 6.07) is 1.06. The maximum atomic E-state index is 15.4. The number of amides is 2. The Hall–Kier alpha value is -3.07. The van der Waals surface area contributed by atoms with E-state index in [1.807, 2.05) is 6.08 Å². The Kier molecular flexibility index (Phi) is 5.63. The number of aromatic amines is 1. The first kappa shape index (κ1) is 20.2. The van der Waals surface area contributed by atoms with Gasteiger partial charge in [-0.2, -0.15) is 0 Å². The highest BCUT2D eigenvalue weighted by molar-refractivity contribution is 6.09. The lowest BCUT2D eigenvalue weighted by Crippen LogP contribution is -2.33. The normalized spacial score (nSPS) is 18.6. The van der Waals surface area contributed by atoms with Gasteiger partial charge in [0.25, 0.3) is 11.8 Å². The van der Waals surface area contributed by atoms with Gasteiger partial charge in [-0.15, -0.1) is 0 Å². The van der Waals surface area contributed by atoms with Gasteiger partial charge in [0.05, 0.1) is 11.1 Å². The lowest BCUT2D eigenvalue weighted by molar-refractivity contribution is -0.116. The van der Waals surface area contributed by atoms with Gasteiger partial charge in [0.1, 0.15) is 5.82 Å². The van der Waals surface area contributed by atoms with E-state index in [0.29, 0.717) is 17.5 Å². The van der Waals surface area contributed by atoms with Crippen molar-refractivity contribution in [3.63, 3.8) is 0 Å². The number of H-pyrrole nitrogens is 1. The van der Waals surface area contributed by atoms with Crippen LogP contribution in [0, 0.1) is 17.7 Å². The molecule has 30 heavy (non-hydrogen) atoms. The van der Waals surface area contributed by atoms with Gasteiger partial charge in [-0.1, -0.05) is 18.4 Å². The zero-order valence-electron chi connectivity index (χ0n) is 17.2. The fourth-order valence-corrected chi connectivity index (χ4v) is 4.80. The lowest BCUT2D eigenvalue weighted by Gasteiger charge is -2.23. The molecule has 4 rings (SSSR count). The number of hydrogen-bond acceptors (Lipinski definition) is 2. The predicted octanol–water partition coefficient (Wildman–Crippen LogP) is 3.75. The number of nitrogens with one attached hydrogen (secondary N) is 2. The summed E-state index contributed by atoms with van der Waals surface area (Å²) in [7, 11) is 0. The summed E-state index contributed by atoms with van der Waals surface area (Å²) < 4.78 is 15.4. The van der Waals surface area contributed by atoms with Crippen molar-refractivity contribution in [2.75, 3.05) is 0 Å². The number of fused-ring (bicyclic) bond motifs is 3. The van der Waals surface area contributed by atoms with Gasteiger partial charge in [0.15, 0.2) is 0 Å². The average Bonchev–Trinajstić information content (AvgIpc) is 2.90. The smallest absolute Gasteiger partial charge is 0.296 e. The van der Waals surface area contributed by atoms with E-state index in [9.17, 15) is 9.59 Å². The number of benzene rings is 1. The van der Waals surface area contributed by atoms with Crippen LogP contribution in [0.2, 0.25) is 0 Å². The van der Waals surface area contributed by atoms with Crippen LogP contribution >= 0.6 is 0 Å². The summed E-state index contributed by atoms with van der Waals surface area (Å²) >= 11 is 0. The van der Waals surface area contributed by atoms with E-state index in [0.717, 1.165) is 67.2 Å². The Bertz CT molecular complexity index is 1120. The molecule has 2 aliphatic rings. The monoisotopic (exact) mass is 407 g/mol. The molecule has 1 heterocycles. The molecule has 0 fully saturated rings. The minimum Gasteiger partial charge on any atom is -0.366 e. The highest BCUT2D eigenvalue weighted by Gasteiger charge is 2.27. The van der Waals surface area contributed by atoms with E-state index in [2.05, 4.69) is 22.1 Å². The van der Waals surface area contributed by atoms with E-state index >= 15 is 4.39 Å². The van der Waals surface area contributed by atoms with Crippen LogP contribution in [0.25, 0.3) is 16.5 Å². The molecule has 2 amide bonds. The zero-order valence-corrected chi connectivity index (χ0v) is 17.2. The Morgan fingerprint density at radius 1 is 1.20 bits per heavy atom.